The first-order chi connectivity index (χ1) is 8.08. The van der Waals surface area contributed by atoms with Gasteiger partial charge in [-0.2, -0.15) is 5.26 Å². The number of amides is 1. The molecule has 0 fully saturated rings. The molecule has 4 heteroatoms. The van der Waals surface area contributed by atoms with Crippen LogP contribution < -0.4 is 0 Å². The molecule has 4 nitrogen and oxygen atoms in total. The van der Waals surface area contributed by atoms with Gasteiger partial charge in [0.25, 0.3) is 5.91 Å². The Morgan fingerprint density at radius 3 is 2.53 bits per heavy atom. The second-order valence-corrected chi connectivity index (χ2v) is 3.88. The molecule has 0 saturated heterocycles. The molecule has 0 heterocycles. The molecule has 1 aromatic rings. The van der Waals surface area contributed by atoms with Gasteiger partial charge in [0.2, 0.25) is 0 Å². The van der Waals surface area contributed by atoms with Crippen molar-refractivity contribution in [3.8, 4) is 6.07 Å². The maximum atomic E-state index is 11.8. The average molecular weight is 232 g/mol. The molecule has 0 bridgehead atoms. The van der Waals surface area contributed by atoms with Gasteiger partial charge in [-0.05, 0) is 24.6 Å². The maximum absolute atomic E-state index is 11.8. The minimum Gasteiger partial charge on any atom is -0.372 e. The predicted molar refractivity (Wildman–Crippen MR) is 64.1 cm³/mol. The summed E-state index contributed by atoms with van der Waals surface area (Å²) in [5, 5.41) is 8.67. The largest absolute Gasteiger partial charge is 0.372 e. The number of nitriles is 1. The van der Waals surface area contributed by atoms with Crippen LogP contribution in [-0.2, 0) is 16.1 Å². The number of likely N-dealkylation sites (N-methyl/N-ethyl adjacent to an activating group) is 1. The monoisotopic (exact) mass is 232 g/mol. The highest BCUT2D eigenvalue weighted by Crippen LogP contribution is 2.07. The Labute approximate surface area is 101 Å². The van der Waals surface area contributed by atoms with Crippen LogP contribution in [-0.4, -0.2) is 31.1 Å². The lowest BCUT2D eigenvalue weighted by Crippen LogP contribution is -2.35. The third-order valence-corrected chi connectivity index (χ3v) is 2.58. The van der Waals surface area contributed by atoms with E-state index < -0.39 is 6.10 Å². The molecule has 0 aliphatic heterocycles. The Bertz CT molecular complexity index is 420. The van der Waals surface area contributed by atoms with Crippen LogP contribution >= 0.6 is 0 Å². The van der Waals surface area contributed by atoms with Crippen LogP contribution in [0.3, 0.4) is 0 Å². The molecule has 0 N–H and O–H groups in total. The van der Waals surface area contributed by atoms with Crippen molar-refractivity contribution in [2.45, 2.75) is 19.6 Å². The number of benzene rings is 1. The molecule has 1 rings (SSSR count). The number of carbonyl (C=O) groups is 1. The molecule has 1 amide bonds. The Kier molecular flexibility index (Phi) is 4.68. The van der Waals surface area contributed by atoms with E-state index in [0.717, 1.165) is 5.56 Å². The first-order valence-electron chi connectivity index (χ1n) is 5.35. The molecule has 0 spiro atoms. The Hall–Kier alpha value is -1.86. The summed E-state index contributed by atoms with van der Waals surface area (Å²) in [6.45, 7) is 2.23. The zero-order valence-corrected chi connectivity index (χ0v) is 10.3. The van der Waals surface area contributed by atoms with Gasteiger partial charge in [0.15, 0.2) is 0 Å². The number of rotatable bonds is 4. The number of ether oxygens (including phenoxy) is 1. The van der Waals surface area contributed by atoms with Crippen molar-refractivity contribution in [1.29, 1.82) is 5.26 Å². The van der Waals surface area contributed by atoms with E-state index in [1.807, 2.05) is 12.1 Å². The Morgan fingerprint density at radius 1 is 1.47 bits per heavy atom. The molecule has 0 aliphatic rings. The summed E-state index contributed by atoms with van der Waals surface area (Å²) in [5.41, 5.74) is 1.61. The average Bonchev–Trinajstić information content (AvgIpc) is 2.37. The molecule has 17 heavy (non-hydrogen) atoms. The number of hydrogen-bond acceptors (Lipinski definition) is 3. The zero-order valence-electron chi connectivity index (χ0n) is 10.3. The predicted octanol–water partition coefficient (Wildman–Crippen LogP) is 1.55. The molecule has 0 saturated carbocycles. The van der Waals surface area contributed by atoms with E-state index in [1.54, 1.807) is 31.0 Å². The molecule has 1 unspecified atom stereocenters. The van der Waals surface area contributed by atoms with Crippen LogP contribution in [0.1, 0.15) is 18.1 Å². The first kappa shape index (κ1) is 13.2. The molecule has 1 aromatic carbocycles. The smallest absolute Gasteiger partial charge is 0.251 e. The van der Waals surface area contributed by atoms with Crippen molar-refractivity contribution in [2.24, 2.45) is 0 Å². The van der Waals surface area contributed by atoms with Gasteiger partial charge >= 0.3 is 0 Å². The summed E-state index contributed by atoms with van der Waals surface area (Å²) in [4.78, 5) is 13.4. The fraction of sp³-hybridized carbons (Fsp3) is 0.385. The third kappa shape index (κ3) is 3.58. The number of carbonyl (C=O) groups excluding carboxylic acids is 1. The van der Waals surface area contributed by atoms with Gasteiger partial charge in [-0.1, -0.05) is 12.1 Å². The molecular weight excluding hydrogens is 216 g/mol. The van der Waals surface area contributed by atoms with Crippen LogP contribution in [0.15, 0.2) is 24.3 Å². The van der Waals surface area contributed by atoms with Gasteiger partial charge in [0.1, 0.15) is 6.10 Å². The van der Waals surface area contributed by atoms with Crippen LogP contribution in [0.5, 0.6) is 0 Å². The van der Waals surface area contributed by atoms with Crippen molar-refractivity contribution in [2.75, 3.05) is 14.2 Å². The molecular formula is C13H16N2O2. The van der Waals surface area contributed by atoms with Gasteiger partial charge in [-0.15, -0.1) is 0 Å². The molecule has 1 atom stereocenters. The van der Waals surface area contributed by atoms with E-state index in [0.29, 0.717) is 12.1 Å². The van der Waals surface area contributed by atoms with Gasteiger partial charge < -0.3 is 9.64 Å². The maximum Gasteiger partial charge on any atom is 0.251 e. The normalized spacial score (nSPS) is 11.6. The van der Waals surface area contributed by atoms with Gasteiger partial charge in [-0.25, -0.2) is 0 Å². The topological polar surface area (TPSA) is 53.3 Å². The lowest BCUT2D eigenvalue weighted by Gasteiger charge is -2.20. The highest BCUT2D eigenvalue weighted by molar-refractivity contribution is 5.80. The fourth-order valence-electron chi connectivity index (χ4n) is 1.45. The summed E-state index contributed by atoms with van der Waals surface area (Å²) in [6.07, 6.45) is -0.432. The van der Waals surface area contributed by atoms with E-state index >= 15 is 0 Å². The van der Waals surface area contributed by atoms with Crippen molar-refractivity contribution in [1.82, 2.24) is 4.90 Å². The third-order valence-electron chi connectivity index (χ3n) is 2.58. The number of methoxy groups -OCH3 is 1. The molecule has 0 aliphatic carbocycles. The Balaban J connectivity index is 2.65. The zero-order chi connectivity index (χ0) is 12.8. The highest BCUT2D eigenvalue weighted by atomic mass is 16.5. The quantitative estimate of drug-likeness (QED) is 0.791. The van der Waals surface area contributed by atoms with E-state index in [2.05, 4.69) is 6.07 Å². The molecule has 0 aromatic heterocycles. The van der Waals surface area contributed by atoms with E-state index in [9.17, 15) is 4.79 Å². The standard InChI is InChI=1S/C13H16N2O2/c1-10(17-3)13(16)15(2)9-12-6-4-11(8-14)5-7-12/h4-7,10H,9H2,1-3H3. The summed E-state index contributed by atoms with van der Waals surface area (Å²) in [5.74, 6) is -0.0585. The second-order valence-electron chi connectivity index (χ2n) is 3.88. The van der Waals surface area contributed by atoms with E-state index in [1.165, 1.54) is 7.11 Å². The summed E-state index contributed by atoms with van der Waals surface area (Å²) < 4.78 is 4.97. The SMILES string of the molecule is COC(C)C(=O)N(C)Cc1ccc(C#N)cc1. The van der Waals surface area contributed by atoms with Crippen molar-refractivity contribution >= 4 is 5.91 Å². The van der Waals surface area contributed by atoms with Gasteiger partial charge in [0.05, 0.1) is 11.6 Å². The second kappa shape index (κ2) is 6.02. The molecule has 90 valence electrons. The lowest BCUT2D eigenvalue weighted by molar-refractivity contribution is -0.140. The van der Waals surface area contributed by atoms with Crippen LogP contribution in [0.25, 0.3) is 0 Å². The summed E-state index contributed by atoms with van der Waals surface area (Å²) in [7, 11) is 3.24. The van der Waals surface area contributed by atoms with E-state index in [4.69, 9.17) is 10.00 Å². The van der Waals surface area contributed by atoms with Crippen molar-refractivity contribution < 1.29 is 9.53 Å². The minimum atomic E-state index is -0.432. The fourth-order valence-corrected chi connectivity index (χ4v) is 1.45. The van der Waals surface area contributed by atoms with Crippen molar-refractivity contribution in [3.63, 3.8) is 0 Å². The van der Waals surface area contributed by atoms with Crippen molar-refractivity contribution in [3.05, 3.63) is 35.4 Å². The number of nitrogens with zero attached hydrogens (tertiary/aromatic N) is 2. The minimum absolute atomic E-state index is 0.0585. The summed E-state index contributed by atoms with van der Waals surface area (Å²) in [6, 6.07) is 9.24. The summed E-state index contributed by atoms with van der Waals surface area (Å²) >= 11 is 0. The van der Waals surface area contributed by atoms with Gasteiger partial charge in [-0.3, -0.25) is 4.79 Å². The number of hydrogen-bond donors (Lipinski definition) is 0. The lowest BCUT2D eigenvalue weighted by atomic mass is 10.1. The van der Waals surface area contributed by atoms with Crippen LogP contribution in [0.2, 0.25) is 0 Å². The highest BCUT2D eigenvalue weighted by Gasteiger charge is 2.16. The van der Waals surface area contributed by atoms with Crippen LogP contribution in [0, 0.1) is 11.3 Å². The van der Waals surface area contributed by atoms with Crippen LogP contribution in [0.4, 0.5) is 0 Å². The molecule has 0 radical (unpaired) electrons. The van der Waals surface area contributed by atoms with Gasteiger partial charge in [0, 0.05) is 20.7 Å². The van der Waals surface area contributed by atoms with E-state index in [-0.39, 0.29) is 5.91 Å². The Morgan fingerprint density at radius 2 is 2.06 bits per heavy atom. The first-order valence-corrected chi connectivity index (χ1v) is 5.35.